The predicted octanol–water partition coefficient (Wildman–Crippen LogP) is 4.76. The molecule has 1 aromatic carbocycles. The van der Waals surface area contributed by atoms with Gasteiger partial charge >= 0.3 is 5.97 Å². The highest BCUT2D eigenvalue weighted by molar-refractivity contribution is 9.10. The van der Waals surface area contributed by atoms with Crippen molar-refractivity contribution < 1.29 is 19.0 Å². The van der Waals surface area contributed by atoms with Gasteiger partial charge in [-0.25, -0.2) is 9.78 Å². The van der Waals surface area contributed by atoms with Crippen molar-refractivity contribution in [1.29, 1.82) is 10.5 Å². The molecule has 0 fully saturated rings. The zero-order valence-electron chi connectivity index (χ0n) is 19.6. The minimum atomic E-state index is -0.827. The number of carbonyl (C=O) groups excluding carboxylic acids is 1. The standard InChI is InChI=1S/C25H23BrN4O4S/c1-5-33-25(31)22-20(12-35-24-17(10-27)13(2)8-14(3)30-24)34-23(29)18(11-28)21(22)16-7-6-15(32-4)9-19(16)26/h6-9,21H,5,12,29H2,1-4H3. The van der Waals surface area contributed by atoms with Gasteiger partial charge in [-0.3, -0.25) is 0 Å². The molecule has 0 amide bonds. The number of benzene rings is 1. The van der Waals surface area contributed by atoms with Gasteiger partial charge in [-0.2, -0.15) is 10.5 Å². The highest BCUT2D eigenvalue weighted by Crippen LogP contribution is 2.44. The molecule has 8 nitrogen and oxygen atoms in total. The van der Waals surface area contributed by atoms with Crippen molar-refractivity contribution in [2.24, 2.45) is 5.73 Å². The number of rotatable bonds is 7. The molecule has 1 aliphatic rings. The molecule has 2 N–H and O–H groups in total. The van der Waals surface area contributed by atoms with Gasteiger partial charge in [0.2, 0.25) is 5.88 Å². The number of esters is 1. The molecule has 0 bridgehead atoms. The molecule has 1 aromatic heterocycles. The van der Waals surface area contributed by atoms with E-state index < -0.39 is 11.9 Å². The van der Waals surface area contributed by atoms with E-state index in [0.29, 0.717) is 26.4 Å². The molecule has 0 spiro atoms. The number of ether oxygens (including phenoxy) is 3. The Morgan fingerprint density at radius 2 is 2.03 bits per heavy atom. The minimum Gasteiger partial charge on any atom is -0.497 e. The molecule has 0 saturated carbocycles. The number of methoxy groups -OCH3 is 1. The van der Waals surface area contributed by atoms with Gasteiger partial charge in [0, 0.05) is 10.2 Å². The lowest BCUT2D eigenvalue weighted by Crippen LogP contribution is -2.27. The van der Waals surface area contributed by atoms with Gasteiger partial charge in [0.25, 0.3) is 0 Å². The molecule has 1 atom stereocenters. The van der Waals surface area contributed by atoms with E-state index in [2.05, 4.69) is 33.1 Å². The summed E-state index contributed by atoms with van der Waals surface area (Å²) in [5.41, 5.74) is 9.06. The predicted molar refractivity (Wildman–Crippen MR) is 134 cm³/mol. The maximum Gasteiger partial charge on any atom is 0.338 e. The number of aromatic nitrogens is 1. The summed E-state index contributed by atoms with van der Waals surface area (Å²) in [6, 6.07) is 11.3. The third-order valence-electron chi connectivity index (χ3n) is 5.27. The highest BCUT2D eigenvalue weighted by Gasteiger charge is 2.38. The summed E-state index contributed by atoms with van der Waals surface area (Å²) in [6.07, 6.45) is 0. The molecule has 2 aromatic rings. The number of thioether (sulfide) groups is 1. The molecule has 1 unspecified atom stereocenters. The Hall–Kier alpha value is -3.47. The lowest BCUT2D eigenvalue weighted by molar-refractivity contribution is -0.139. The van der Waals surface area contributed by atoms with Gasteiger partial charge in [0.15, 0.2) is 0 Å². The van der Waals surface area contributed by atoms with Crippen LogP contribution >= 0.6 is 27.7 Å². The van der Waals surface area contributed by atoms with Crippen LogP contribution in [0.1, 0.15) is 35.2 Å². The quantitative estimate of drug-likeness (QED) is 0.380. The first-order valence-corrected chi connectivity index (χ1v) is 12.4. The van der Waals surface area contributed by atoms with Crippen molar-refractivity contribution in [1.82, 2.24) is 4.98 Å². The first-order chi connectivity index (χ1) is 16.7. The number of halogens is 1. The Morgan fingerprint density at radius 3 is 2.63 bits per heavy atom. The molecule has 35 heavy (non-hydrogen) atoms. The summed E-state index contributed by atoms with van der Waals surface area (Å²) in [5.74, 6) is -0.565. The van der Waals surface area contributed by atoms with Crippen LogP contribution in [0.5, 0.6) is 5.75 Å². The average Bonchev–Trinajstić information content (AvgIpc) is 2.82. The van der Waals surface area contributed by atoms with Crippen molar-refractivity contribution in [3.05, 3.63) is 73.9 Å². The Bertz CT molecular complexity index is 1320. The van der Waals surface area contributed by atoms with E-state index in [1.54, 1.807) is 32.2 Å². The largest absolute Gasteiger partial charge is 0.497 e. The normalized spacial score (nSPS) is 15.2. The van der Waals surface area contributed by atoms with Crippen LogP contribution in [0.4, 0.5) is 0 Å². The van der Waals surface area contributed by atoms with Crippen LogP contribution in [0.25, 0.3) is 0 Å². The Kier molecular flexibility index (Phi) is 8.44. The Balaban J connectivity index is 2.15. The Labute approximate surface area is 216 Å². The number of hydrogen-bond acceptors (Lipinski definition) is 9. The van der Waals surface area contributed by atoms with Crippen molar-refractivity contribution in [3.8, 4) is 17.9 Å². The van der Waals surface area contributed by atoms with Crippen LogP contribution in [-0.2, 0) is 14.3 Å². The maximum atomic E-state index is 13.2. The molecule has 10 heteroatoms. The van der Waals surface area contributed by atoms with Crippen molar-refractivity contribution in [3.63, 3.8) is 0 Å². The van der Waals surface area contributed by atoms with Crippen molar-refractivity contribution in [2.75, 3.05) is 19.5 Å². The zero-order valence-corrected chi connectivity index (χ0v) is 22.0. The summed E-state index contributed by atoms with van der Waals surface area (Å²) in [7, 11) is 1.55. The summed E-state index contributed by atoms with van der Waals surface area (Å²) < 4.78 is 17.1. The fourth-order valence-corrected chi connectivity index (χ4v) is 5.34. The smallest absolute Gasteiger partial charge is 0.338 e. The fourth-order valence-electron chi connectivity index (χ4n) is 3.71. The van der Waals surface area contributed by atoms with Crippen LogP contribution in [0, 0.1) is 36.5 Å². The maximum absolute atomic E-state index is 13.2. The second-order valence-electron chi connectivity index (χ2n) is 7.53. The number of aryl methyl sites for hydroxylation is 2. The van der Waals surface area contributed by atoms with E-state index in [9.17, 15) is 15.3 Å². The third-order valence-corrected chi connectivity index (χ3v) is 6.94. The number of pyridine rings is 1. The van der Waals surface area contributed by atoms with Gasteiger partial charge in [0.1, 0.15) is 34.2 Å². The number of nitrogens with zero attached hydrogens (tertiary/aromatic N) is 3. The highest BCUT2D eigenvalue weighted by atomic mass is 79.9. The van der Waals surface area contributed by atoms with E-state index in [1.165, 1.54) is 11.8 Å². The van der Waals surface area contributed by atoms with Gasteiger partial charge in [-0.05, 0) is 50.1 Å². The molecular formula is C25H23BrN4O4S. The molecule has 0 saturated heterocycles. The van der Waals surface area contributed by atoms with E-state index in [0.717, 1.165) is 11.3 Å². The van der Waals surface area contributed by atoms with E-state index in [1.807, 2.05) is 19.9 Å². The lowest BCUT2D eigenvalue weighted by Gasteiger charge is -2.28. The number of allylic oxidation sites excluding steroid dienone is 1. The van der Waals surface area contributed by atoms with Crippen LogP contribution in [0.15, 0.2) is 56.6 Å². The molecule has 2 heterocycles. The van der Waals surface area contributed by atoms with Gasteiger partial charge < -0.3 is 19.9 Å². The average molecular weight is 555 g/mol. The molecule has 3 rings (SSSR count). The van der Waals surface area contributed by atoms with E-state index >= 15 is 0 Å². The van der Waals surface area contributed by atoms with E-state index in [4.69, 9.17) is 19.9 Å². The van der Waals surface area contributed by atoms with Crippen molar-refractivity contribution in [2.45, 2.75) is 31.7 Å². The van der Waals surface area contributed by atoms with Crippen LogP contribution in [0.2, 0.25) is 0 Å². The third kappa shape index (κ3) is 5.45. The molecule has 180 valence electrons. The summed E-state index contributed by atoms with van der Waals surface area (Å²) in [4.78, 5) is 17.7. The van der Waals surface area contributed by atoms with Gasteiger partial charge in [-0.15, -0.1) is 0 Å². The molecular weight excluding hydrogens is 532 g/mol. The Morgan fingerprint density at radius 1 is 1.29 bits per heavy atom. The van der Waals surface area contributed by atoms with E-state index in [-0.39, 0.29) is 35.1 Å². The molecule has 1 aliphatic heterocycles. The summed E-state index contributed by atoms with van der Waals surface area (Å²) >= 11 is 4.77. The van der Waals surface area contributed by atoms with Gasteiger partial charge in [0.05, 0.1) is 36.5 Å². The number of carbonyl (C=O) groups is 1. The van der Waals surface area contributed by atoms with Gasteiger partial charge in [-0.1, -0.05) is 33.8 Å². The summed E-state index contributed by atoms with van der Waals surface area (Å²) in [6.45, 7) is 5.52. The van der Waals surface area contributed by atoms with Crippen LogP contribution < -0.4 is 10.5 Å². The first-order valence-electron chi connectivity index (χ1n) is 10.6. The lowest BCUT2D eigenvalue weighted by atomic mass is 9.83. The van der Waals surface area contributed by atoms with Crippen LogP contribution in [-0.4, -0.2) is 30.4 Å². The SMILES string of the molecule is CCOC(=O)C1=C(CSc2nc(C)cc(C)c2C#N)OC(N)=C(C#N)C1c1ccc(OC)cc1Br. The van der Waals surface area contributed by atoms with Crippen LogP contribution in [0.3, 0.4) is 0 Å². The second-order valence-corrected chi connectivity index (χ2v) is 9.35. The molecule has 0 aliphatic carbocycles. The monoisotopic (exact) mass is 554 g/mol. The topological polar surface area (TPSA) is 131 Å². The molecule has 0 radical (unpaired) electrons. The number of hydrogen-bond donors (Lipinski definition) is 1. The number of nitriles is 2. The zero-order chi connectivity index (χ0) is 25.7. The number of nitrogens with two attached hydrogens (primary N) is 1. The fraction of sp³-hybridized carbons (Fsp3) is 0.280. The first kappa shape index (κ1) is 26.1. The van der Waals surface area contributed by atoms with Crippen molar-refractivity contribution >= 4 is 33.7 Å². The summed E-state index contributed by atoms with van der Waals surface area (Å²) in [5, 5.41) is 20.0. The second kappa shape index (κ2) is 11.3. The minimum absolute atomic E-state index is 0.0925.